The van der Waals surface area contributed by atoms with Crippen molar-refractivity contribution in [2.24, 2.45) is 0 Å². The van der Waals surface area contributed by atoms with Crippen LogP contribution in [0.1, 0.15) is 16.1 Å². The number of carboxylic acids is 1. The number of halogens is 2. The maximum absolute atomic E-state index is 13.0. The molecule has 0 saturated heterocycles. The summed E-state index contributed by atoms with van der Waals surface area (Å²) in [6, 6.07) is 6.83. The van der Waals surface area contributed by atoms with Crippen LogP contribution in [0.25, 0.3) is 10.9 Å². The van der Waals surface area contributed by atoms with Gasteiger partial charge in [0.1, 0.15) is 18.1 Å². The Morgan fingerprint density at radius 2 is 2.06 bits per heavy atom. The zero-order valence-electron chi connectivity index (χ0n) is 16.3. The number of fused-ring (bicyclic) bond motifs is 1. The van der Waals surface area contributed by atoms with Gasteiger partial charge in [-0.05, 0) is 23.8 Å². The standard InChI is InChI=1S/C19H19F2N3O6S/c1-29-5-6-30-13-7-12-8-15(19(25)26)23-17(12)14(10-13)24-31(27,28)18-11(9-16(20)21)3-2-4-22-18/h2-4,7-8,10,16,23-24H,5-6,9H2,1H3,(H,25,26). The van der Waals surface area contributed by atoms with Crippen molar-refractivity contribution >= 4 is 32.6 Å². The van der Waals surface area contributed by atoms with E-state index in [1.54, 1.807) is 0 Å². The number of carboxylic acid groups (broad SMARTS) is 1. The summed E-state index contributed by atoms with van der Waals surface area (Å²) in [4.78, 5) is 17.7. The number of hydrogen-bond donors (Lipinski definition) is 3. The summed E-state index contributed by atoms with van der Waals surface area (Å²) in [6.45, 7) is 0.445. The van der Waals surface area contributed by atoms with Crippen LogP contribution in [-0.2, 0) is 21.2 Å². The Morgan fingerprint density at radius 1 is 1.29 bits per heavy atom. The lowest BCUT2D eigenvalue weighted by molar-refractivity contribution is 0.0691. The maximum atomic E-state index is 13.0. The van der Waals surface area contributed by atoms with Crippen molar-refractivity contribution in [3.8, 4) is 5.75 Å². The van der Waals surface area contributed by atoms with E-state index < -0.39 is 33.9 Å². The summed E-state index contributed by atoms with van der Waals surface area (Å²) in [5.74, 6) is -0.984. The van der Waals surface area contributed by atoms with E-state index in [2.05, 4.69) is 14.7 Å². The van der Waals surface area contributed by atoms with Crippen molar-refractivity contribution < 1.29 is 36.6 Å². The number of nitrogens with one attached hydrogen (secondary N) is 2. The molecule has 0 aliphatic heterocycles. The fourth-order valence-electron chi connectivity index (χ4n) is 2.92. The highest BCUT2D eigenvalue weighted by Gasteiger charge is 2.24. The molecule has 1 aromatic carbocycles. The number of alkyl halides is 2. The smallest absolute Gasteiger partial charge is 0.352 e. The third kappa shape index (κ3) is 5.27. The molecule has 166 valence electrons. The summed E-state index contributed by atoms with van der Waals surface area (Å²) < 4.78 is 64.4. The van der Waals surface area contributed by atoms with E-state index in [-0.39, 0.29) is 41.4 Å². The average molecular weight is 455 g/mol. The van der Waals surface area contributed by atoms with E-state index in [0.29, 0.717) is 5.39 Å². The van der Waals surface area contributed by atoms with Crippen molar-refractivity contribution in [3.05, 3.63) is 47.8 Å². The number of H-pyrrole nitrogens is 1. The highest BCUT2D eigenvalue weighted by Crippen LogP contribution is 2.32. The van der Waals surface area contributed by atoms with Crippen LogP contribution in [0, 0.1) is 0 Å². The van der Waals surface area contributed by atoms with Gasteiger partial charge in [0.25, 0.3) is 10.0 Å². The summed E-state index contributed by atoms with van der Waals surface area (Å²) in [7, 11) is -2.89. The monoisotopic (exact) mass is 455 g/mol. The summed E-state index contributed by atoms with van der Waals surface area (Å²) >= 11 is 0. The Bertz CT molecular complexity index is 1200. The summed E-state index contributed by atoms with van der Waals surface area (Å²) in [5.41, 5.74) is -0.148. The van der Waals surface area contributed by atoms with Crippen LogP contribution in [0.5, 0.6) is 5.75 Å². The first-order valence-electron chi connectivity index (χ1n) is 8.98. The minimum Gasteiger partial charge on any atom is -0.491 e. The van der Waals surface area contributed by atoms with E-state index >= 15 is 0 Å². The molecule has 0 amide bonds. The highest BCUT2D eigenvalue weighted by molar-refractivity contribution is 7.92. The molecule has 0 atom stereocenters. The lowest BCUT2D eigenvalue weighted by atomic mass is 10.2. The first kappa shape index (κ1) is 22.4. The van der Waals surface area contributed by atoms with E-state index in [9.17, 15) is 27.1 Å². The molecule has 3 N–H and O–H groups in total. The lowest BCUT2D eigenvalue weighted by Gasteiger charge is -2.13. The van der Waals surface area contributed by atoms with Crippen LogP contribution >= 0.6 is 0 Å². The Morgan fingerprint density at radius 3 is 2.74 bits per heavy atom. The van der Waals surface area contributed by atoms with Crippen molar-refractivity contribution in [1.82, 2.24) is 9.97 Å². The topological polar surface area (TPSA) is 131 Å². The van der Waals surface area contributed by atoms with Crippen LogP contribution < -0.4 is 9.46 Å². The number of nitrogens with zero attached hydrogens (tertiary/aromatic N) is 1. The number of anilines is 1. The molecule has 0 bridgehead atoms. The van der Waals surface area contributed by atoms with Gasteiger partial charge in [-0.3, -0.25) is 4.72 Å². The predicted molar refractivity (Wildman–Crippen MR) is 107 cm³/mol. The largest absolute Gasteiger partial charge is 0.491 e. The van der Waals surface area contributed by atoms with Gasteiger partial charge in [-0.25, -0.2) is 18.6 Å². The molecule has 0 aliphatic carbocycles. The molecule has 3 rings (SSSR count). The molecular formula is C19H19F2N3O6S. The number of ether oxygens (including phenoxy) is 2. The molecule has 0 radical (unpaired) electrons. The molecule has 3 aromatic rings. The summed E-state index contributed by atoms with van der Waals surface area (Å²) in [6.07, 6.45) is -2.37. The Balaban J connectivity index is 2.05. The second-order valence-electron chi connectivity index (χ2n) is 6.43. The van der Waals surface area contributed by atoms with Crippen LogP contribution in [0.15, 0.2) is 41.6 Å². The third-order valence-corrected chi connectivity index (χ3v) is 5.58. The van der Waals surface area contributed by atoms with Crippen molar-refractivity contribution in [2.45, 2.75) is 17.9 Å². The van der Waals surface area contributed by atoms with Crippen LogP contribution in [-0.4, -0.2) is 56.2 Å². The number of carbonyl (C=O) groups is 1. The number of sulfonamides is 1. The van der Waals surface area contributed by atoms with E-state index in [1.165, 1.54) is 43.6 Å². The van der Waals surface area contributed by atoms with E-state index in [1.807, 2.05) is 0 Å². The molecule has 31 heavy (non-hydrogen) atoms. The molecule has 2 heterocycles. The summed E-state index contributed by atoms with van der Waals surface area (Å²) in [5, 5.41) is 9.08. The number of methoxy groups -OCH3 is 1. The third-order valence-electron chi connectivity index (χ3n) is 4.21. The number of benzene rings is 1. The Hall–Kier alpha value is -3.25. The molecule has 0 fully saturated rings. The molecular weight excluding hydrogens is 436 g/mol. The van der Waals surface area contributed by atoms with Crippen molar-refractivity contribution in [3.63, 3.8) is 0 Å². The second-order valence-corrected chi connectivity index (χ2v) is 8.03. The molecule has 0 spiro atoms. The van der Waals surface area contributed by atoms with Gasteiger partial charge < -0.3 is 19.6 Å². The molecule has 12 heteroatoms. The number of aromatic nitrogens is 2. The van der Waals surface area contributed by atoms with Gasteiger partial charge in [-0.15, -0.1) is 0 Å². The number of aromatic amines is 1. The van der Waals surface area contributed by atoms with Gasteiger partial charge in [0.05, 0.1) is 17.8 Å². The van der Waals surface area contributed by atoms with Crippen LogP contribution in [0.4, 0.5) is 14.5 Å². The molecule has 2 aromatic heterocycles. The lowest BCUT2D eigenvalue weighted by Crippen LogP contribution is -2.18. The van der Waals surface area contributed by atoms with Gasteiger partial charge in [0, 0.05) is 31.2 Å². The van der Waals surface area contributed by atoms with Gasteiger partial charge in [0.15, 0.2) is 5.03 Å². The molecule has 0 saturated carbocycles. The van der Waals surface area contributed by atoms with Gasteiger partial charge >= 0.3 is 5.97 Å². The first-order chi connectivity index (χ1) is 14.7. The quantitative estimate of drug-likeness (QED) is 0.401. The van der Waals surface area contributed by atoms with E-state index in [0.717, 1.165) is 0 Å². The number of aromatic carboxylic acids is 1. The number of pyridine rings is 1. The average Bonchev–Trinajstić information content (AvgIpc) is 3.13. The second kappa shape index (κ2) is 9.27. The minimum atomic E-state index is -4.38. The number of hydrogen-bond acceptors (Lipinski definition) is 6. The molecule has 9 nitrogen and oxygen atoms in total. The molecule has 0 unspecified atom stereocenters. The van der Waals surface area contributed by atoms with Crippen LogP contribution in [0.2, 0.25) is 0 Å². The minimum absolute atomic E-state index is 0.0222. The normalized spacial score (nSPS) is 11.7. The SMILES string of the molecule is COCCOc1cc(NS(=O)(=O)c2ncccc2CC(F)F)c2[nH]c(C(=O)O)cc2c1. The zero-order valence-corrected chi connectivity index (χ0v) is 17.1. The van der Waals surface area contributed by atoms with Gasteiger partial charge in [-0.1, -0.05) is 6.07 Å². The Labute approximate surface area is 176 Å². The predicted octanol–water partition coefficient (Wildman–Crippen LogP) is 2.89. The Kier molecular flexibility index (Phi) is 6.71. The fraction of sp³-hybridized carbons (Fsp3) is 0.263. The maximum Gasteiger partial charge on any atom is 0.352 e. The van der Waals surface area contributed by atoms with Gasteiger partial charge in [0.2, 0.25) is 6.43 Å². The zero-order chi connectivity index (χ0) is 22.6. The van der Waals surface area contributed by atoms with Crippen LogP contribution in [0.3, 0.4) is 0 Å². The van der Waals surface area contributed by atoms with Gasteiger partial charge in [-0.2, -0.15) is 8.42 Å². The van der Waals surface area contributed by atoms with Crippen molar-refractivity contribution in [1.29, 1.82) is 0 Å². The molecule has 0 aliphatic rings. The van der Waals surface area contributed by atoms with E-state index in [4.69, 9.17) is 9.47 Å². The first-order valence-corrected chi connectivity index (χ1v) is 10.5. The highest BCUT2D eigenvalue weighted by atomic mass is 32.2. The van der Waals surface area contributed by atoms with Crippen molar-refractivity contribution in [2.75, 3.05) is 25.0 Å². The fourth-order valence-corrected chi connectivity index (χ4v) is 4.16. The number of rotatable bonds is 10.